The second-order valence-electron chi connectivity index (χ2n) is 7.94. The second-order valence-corrected chi connectivity index (χ2v) is 7.94. The number of nitriles is 1. The molecule has 0 saturated carbocycles. The number of hydrogen-bond donors (Lipinski definition) is 1. The predicted octanol–water partition coefficient (Wildman–Crippen LogP) is 4.79. The van der Waals surface area contributed by atoms with E-state index in [2.05, 4.69) is 21.0 Å². The van der Waals surface area contributed by atoms with Gasteiger partial charge in [-0.3, -0.25) is 4.79 Å². The van der Waals surface area contributed by atoms with Crippen LogP contribution in [-0.2, 0) is 6.54 Å². The summed E-state index contributed by atoms with van der Waals surface area (Å²) in [5.74, 6) is 0.565. The van der Waals surface area contributed by atoms with Gasteiger partial charge in [0.05, 0.1) is 52.1 Å². The van der Waals surface area contributed by atoms with Gasteiger partial charge in [0.2, 0.25) is 0 Å². The summed E-state index contributed by atoms with van der Waals surface area (Å²) in [5, 5.41) is 9.67. The Balaban J connectivity index is 1.59. The maximum atomic E-state index is 13.2. The van der Waals surface area contributed by atoms with Gasteiger partial charge in [0.1, 0.15) is 17.4 Å². The van der Waals surface area contributed by atoms with E-state index in [0.29, 0.717) is 52.3 Å². The van der Waals surface area contributed by atoms with Gasteiger partial charge >= 0.3 is 0 Å². The number of ether oxygens (including phenoxy) is 1. The lowest BCUT2D eigenvalue weighted by atomic mass is 10.1. The topological polar surface area (TPSA) is 96.6 Å². The van der Waals surface area contributed by atoms with Gasteiger partial charge < -0.3 is 14.3 Å². The van der Waals surface area contributed by atoms with Crippen molar-refractivity contribution in [1.82, 2.24) is 19.5 Å². The molecule has 0 fully saturated rings. The third-order valence-corrected chi connectivity index (χ3v) is 5.54. The van der Waals surface area contributed by atoms with Gasteiger partial charge in [-0.25, -0.2) is 14.4 Å². The van der Waals surface area contributed by atoms with Gasteiger partial charge in [-0.15, -0.1) is 0 Å². The third-order valence-electron chi connectivity index (χ3n) is 5.54. The number of halogens is 1. The number of rotatable bonds is 6. The summed E-state index contributed by atoms with van der Waals surface area (Å²) in [7, 11) is 0. The Morgan fingerprint density at radius 3 is 2.71 bits per heavy atom. The molecular formula is C26H20FN5O2. The van der Waals surface area contributed by atoms with Gasteiger partial charge in [0.15, 0.2) is 0 Å². The molecule has 7 nitrogen and oxygen atoms in total. The molecule has 5 rings (SSSR count). The Labute approximate surface area is 194 Å². The van der Waals surface area contributed by atoms with E-state index in [4.69, 9.17) is 4.74 Å². The normalized spacial score (nSPS) is 11.1. The highest BCUT2D eigenvalue weighted by atomic mass is 19.1. The first kappa shape index (κ1) is 21.3. The van der Waals surface area contributed by atoms with Crippen molar-refractivity contribution < 1.29 is 9.13 Å². The van der Waals surface area contributed by atoms with Crippen LogP contribution < -0.4 is 10.3 Å². The molecule has 0 saturated heterocycles. The molecule has 0 unspecified atom stereocenters. The summed E-state index contributed by atoms with van der Waals surface area (Å²) in [6.45, 7) is 2.96. The largest absolute Gasteiger partial charge is 0.493 e. The molecule has 2 aromatic heterocycles. The van der Waals surface area contributed by atoms with Crippen molar-refractivity contribution in [2.75, 3.05) is 6.61 Å². The average molecular weight is 453 g/mol. The lowest BCUT2D eigenvalue weighted by Crippen LogP contribution is -2.10. The SMILES string of the molecule is CCCOc1cc(C#N)ccc1-c1nc2cc3ncn(Cc4ccc(F)cc4)c3cc2c(=O)[nH]1. The van der Waals surface area contributed by atoms with Crippen LogP contribution in [0.2, 0.25) is 0 Å². The molecule has 34 heavy (non-hydrogen) atoms. The number of aromatic nitrogens is 4. The van der Waals surface area contributed by atoms with Crippen LogP contribution in [0.1, 0.15) is 24.5 Å². The van der Waals surface area contributed by atoms with Crippen LogP contribution in [0.15, 0.2) is 65.7 Å². The molecule has 2 heterocycles. The van der Waals surface area contributed by atoms with Crippen molar-refractivity contribution >= 4 is 21.9 Å². The first-order valence-electron chi connectivity index (χ1n) is 10.9. The number of aromatic amines is 1. The molecule has 0 atom stereocenters. The van der Waals surface area contributed by atoms with Crippen LogP contribution in [0.4, 0.5) is 4.39 Å². The standard InChI is InChI=1S/C26H20FN5O2/c1-2-9-34-24-10-17(13-28)5-8-19(24)25-30-21-12-22-23(11-20(21)26(33)31-25)32(15-29-22)14-16-3-6-18(27)7-4-16/h3-8,10-12,15H,2,9,14H2,1H3,(H,30,31,33). The Hall–Kier alpha value is -4.51. The Kier molecular flexibility index (Phi) is 5.52. The zero-order valence-corrected chi connectivity index (χ0v) is 18.4. The fraction of sp³-hybridized carbons (Fsp3) is 0.154. The fourth-order valence-electron chi connectivity index (χ4n) is 3.85. The lowest BCUT2D eigenvalue weighted by molar-refractivity contribution is 0.318. The van der Waals surface area contributed by atoms with Crippen LogP contribution in [-0.4, -0.2) is 26.1 Å². The quantitative estimate of drug-likeness (QED) is 0.399. The molecule has 1 N–H and O–H groups in total. The van der Waals surface area contributed by atoms with E-state index < -0.39 is 0 Å². The van der Waals surface area contributed by atoms with E-state index >= 15 is 0 Å². The number of hydrogen-bond acceptors (Lipinski definition) is 5. The summed E-state index contributed by atoms with van der Waals surface area (Å²) in [6.07, 6.45) is 2.50. The number of nitrogens with zero attached hydrogens (tertiary/aromatic N) is 4. The monoisotopic (exact) mass is 453 g/mol. The molecule has 8 heteroatoms. The molecular weight excluding hydrogens is 433 g/mol. The molecule has 3 aromatic carbocycles. The van der Waals surface area contributed by atoms with Crippen LogP contribution in [0.5, 0.6) is 5.75 Å². The smallest absolute Gasteiger partial charge is 0.259 e. The fourth-order valence-corrected chi connectivity index (χ4v) is 3.85. The maximum absolute atomic E-state index is 13.2. The number of H-pyrrole nitrogens is 1. The zero-order valence-electron chi connectivity index (χ0n) is 18.4. The highest BCUT2D eigenvalue weighted by Crippen LogP contribution is 2.30. The van der Waals surface area contributed by atoms with Gasteiger partial charge in [0, 0.05) is 6.54 Å². The van der Waals surface area contributed by atoms with Crippen LogP contribution >= 0.6 is 0 Å². The number of benzene rings is 3. The van der Waals surface area contributed by atoms with E-state index in [1.807, 2.05) is 11.5 Å². The van der Waals surface area contributed by atoms with Gasteiger partial charge in [0.25, 0.3) is 5.56 Å². The first-order valence-corrected chi connectivity index (χ1v) is 10.9. The molecule has 0 aliphatic heterocycles. The maximum Gasteiger partial charge on any atom is 0.259 e. The second kappa shape index (κ2) is 8.79. The van der Waals surface area contributed by atoms with Gasteiger partial charge in [-0.2, -0.15) is 5.26 Å². The summed E-state index contributed by atoms with van der Waals surface area (Å²) in [4.78, 5) is 25.0. The molecule has 0 amide bonds. The summed E-state index contributed by atoms with van der Waals surface area (Å²) in [5.41, 5.74) is 3.68. The molecule has 5 aromatic rings. The van der Waals surface area contributed by atoms with Crippen LogP contribution in [0.3, 0.4) is 0 Å². The van der Waals surface area contributed by atoms with E-state index in [9.17, 15) is 14.4 Å². The molecule has 0 radical (unpaired) electrons. The van der Waals surface area contributed by atoms with E-state index in [1.165, 1.54) is 12.1 Å². The van der Waals surface area contributed by atoms with Crippen molar-refractivity contribution in [1.29, 1.82) is 5.26 Å². The first-order chi connectivity index (χ1) is 16.6. The van der Waals surface area contributed by atoms with E-state index in [0.717, 1.165) is 17.5 Å². The summed E-state index contributed by atoms with van der Waals surface area (Å²) >= 11 is 0. The van der Waals surface area contributed by atoms with Crippen molar-refractivity contribution in [2.24, 2.45) is 0 Å². The molecule has 0 aliphatic carbocycles. The highest BCUT2D eigenvalue weighted by molar-refractivity contribution is 5.93. The molecule has 168 valence electrons. The van der Waals surface area contributed by atoms with E-state index in [1.54, 1.807) is 48.8 Å². The highest BCUT2D eigenvalue weighted by Gasteiger charge is 2.14. The zero-order chi connectivity index (χ0) is 23.7. The minimum absolute atomic E-state index is 0.288. The Morgan fingerprint density at radius 2 is 1.94 bits per heavy atom. The van der Waals surface area contributed by atoms with Crippen molar-refractivity contribution in [2.45, 2.75) is 19.9 Å². The average Bonchev–Trinajstić information content (AvgIpc) is 3.24. The Bertz CT molecular complexity index is 1610. The summed E-state index contributed by atoms with van der Waals surface area (Å²) < 4.78 is 21.0. The third kappa shape index (κ3) is 3.99. The minimum Gasteiger partial charge on any atom is -0.493 e. The number of imidazole rings is 1. The van der Waals surface area contributed by atoms with Crippen molar-refractivity contribution in [3.63, 3.8) is 0 Å². The van der Waals surface area contributed by atoms with Gasteiger partial charge in [-0.1, -0.05) is 19.1 Å². The molecule has 0 bridgehead atoms. The number of nitrogens with one attached hydrogen (secondary N) is 1. The van der Waals surface area contributed by atoms with Crippen LogP contribution in [0.25, 0.3) is 33.3 Å². The number of fused-ring (bicyclic) bond motifs is 2. The van der Waals surface area contributed by atoms with Crippen molar-refractivity contribution in [3.8, 4) is 23.2 Å². The van der Waals surface area contributed by atoms with Crippen molar-refractivity contribution in [3.05, 3.63) is 88.2 Å². The minimum atomic E-state index is -0.290. The Morgan fingerprint density at radius 1 is 1.12 bits per heavy atom. The molecule has 0 spiro atoms. The van der Waals surface area contributed by atoms with Gasteiger partial charge in [-0.05, 0) is 54.4 Å². The summed E-state index contributed by atoms with van der Waals surface area (Å²) in [6, 6.07) is 17.0. The lowest BCUT2D eigenvalue weighted by Gasteiger charge is -2.11. The molecule has 0 aliphatic rings. The van der Waals surface area contributed by atoms with Crippen LogP contribution in [0, 0.1) is 17.1 Å². The van der Waals surface area contributed by atoms with E-state index in [-0.39, 0.29) is 11.4 Å². The predicted molar refractivity (Wildman–Crippen MR) is 127 cm³/mol.